The van der Waals surface area contributed by atoms with Crippen molar-refractivity contribution in [2.45, 2.75) is 40.0 Å². The van der Waals surface area contributed by atoms with Crippen LogP contribution in [0.15, 0.2) is 42.2 Å². The van der Waals surface area contributed by atoms with Crippen LogP contribution in [0, 0.1) is 11.2 Å². The molecule has 1 aliphatic carbocycles. The molecule has 1 aliphatic rings. The zero-order chi connectivity index (χ0) is 19.8. The van der Waals surface area contributed by atoms with Crippen molar-refractivity contribution < 1.29 is 19.0 Å². The normalized spacial score (nSPS) is 16.6. The molecule has 5 heteroatoms. The van der Waals surface area contributed by atoms with E-state index in [-0.39, 0.29) is 22.0 Å². The predicted octanol–water partition coefficient (Wildman–Crippen LogP) is 6.49. The number of allylic oxidation sites excluding steroid dienone is 2. The fourth-order valence-electron chi connectivity index (χ4n) is 3.44. The fourth-order valence-corrected chi connectivity index (χ4v) is 3.64. The molecule has 0 aliphatic heterocycles. The van der Waals surface area contributed by atoms with Crippen LogP contribution in [-0.2, 0) is 11.2 Å². The van der Waals surface area contributed by atoms with Gasteiger partial charge in [0.25, 0.3) is 0 Å². The van der Waals surface area contributed by atoms with Gasteiger partial charge in [0.05, 0.1) is 10.6 Å². The molecule has 0 fully saturated rings. The van der Waals surface area contributed by atoms with Gasteiger partial charge in [0, 0.05) is 12.8 Å². The number of aliphatic hydroxyl groups excluding tert-OH is 1. The fraction of sp³-hybridized carbons (Fsp3) is 0.318. The summed E-state index contributed by atoms with van der Waals surface area (Å²) in [6.07, 6.45) is 1.54. The largest absolute Gasteiger partial charge is 0.512 e. The van der Waals surface area contributed by atoms with Crippen molar-refractivity contribution in [1.29, 1.82) is 0 Å². The van der Waals surface area contributed by atoms with E-state index in [0.717, 1.165) is 5.56 Å². The Morgan fingerprint density at radius 3 is 2.56 bits per heavy atom. The summed E-state index contributed by atoms with van der Waals surface area (Å²) in [7, 11) is 0. The first kappa shape index (κ1) is 19.4. The van der Waals surface area contributed by atoms with Crippen LogP contribution in [0.3, 0.4) is 0 Å². The van der Waals surface area contributed by atoms with E-state index in [0.29, 0.717) is 41.9 Å². The second kappa shape index (κ2) is 7.35. The Labute approximate surface area is 163 Å². The minimum absolute atomic E-state index is 0.0737. The summed E-state index contributed by atoms with van der Waals surface area (Å²) in [4.78, 5) is 12.7. The highest BCUT2D eigenvalue weighted by molar-refractivity contribution is 6.32. The monoisotopic (exact) mass is 388 g/mol. The molecule has 0 atom stereocenters. The van der Waals surface area contributed by atoms with E-state index >= 15 is 0 Å². The maximum atomic E-state index is 13.2. The zero-order valence-corrected chi connectivity index (χ0v) is 16.4. The van der Waals surface area contributed by atoms with Crippen molar-refractivity contribution >= 4 is 23.0 Å². The number of ketones is 1. The molecule has 0 saturated heterocycles. The molecule has 0 spiro atoms. The van der Waals surface area contributed by atoms with E-state index in [2.05, 4.69) is 0 Å². The average molecular weight is 389 g/mol. The van der Waals surface area contributed by atoms with Gasteiger partial charge in [-0.15, -0.1) is 0 Å². The Morgan fingerprint density at radius 2 is 1.93 bits per heavy atom. The quantitative estimate of drug-likeness (QED) is 0.650. The average Bonchev–Trinajstić information content (AvgIpc) is 2.56. The number of carbonyl (C=O) groups excluding carboxylic acids is 1. The van der Waals surface area contributed by atoms with E-state index in [4.69, 9.17) is 16.3 Å². The number of carbonyl (C=O) groups is 1. The number of rotatable bonds is 4. The summed E-state index contributed by atoms with van der Waals surface area (Å²) in [5, 5.41) is 10.7. The van der Waals surface area contributed by atoms with Crippen molar-refractivity contribution in [2.75, 3.05) is 0 Å². The van der Waals surface area contributed by atoms with Gasteiger partial charge in [0.15, 0.2) is 5.78 Å². The lowest BCUT2D eigenvalue weighted by Crippen LogP contribution is -2.25. The molecule has 3 rings (SSSR count). The van der Waals surface area contributed by atoms with Crippen LogP contribution in [-0.4, -0.2) is 10.9 Å². The second-order valence-electron chi connectivity index (χ2n) is 7.61. The van der Waals surface area contributed by atoms with Gasteiger partial charge in [-0.2, -0.15) is 0 Å². The minimum Gasteiger partial charge on any atom is -0.512 e. The molecular weight excluding hydrogens is 367 g/mol. The molecule has 0 unspecified atom stereocenters. The van der Waals surface area contributed by atoms with Gasteiger partial charge in [-0.3, -0.25) is 4.79 Å². The van der Waals surface area contributed by atoms with Crippen LogP contribution in [0.5, 0.6) is 11.5 Å². The topological polar surface area (TPSA) is 46.5 Å². The van der Waals surface area contributed by atoms with Gasteiger partial charge in [-0.05, 0) is 53.3 Å². The standard InChI is InChI=1S/C22H22ClFO3/c1-4-13-5-7-15(27-20-8-6-14(24)9-17(20)23)10-16(13)21-18(25)11-22(2,3)12-19(21)26/h5-10,25H,4,11-12H2,1-3H3. The van der Waals surface area contributed by atoms with Gasteiger partial charge in [-0.25, -0.2) is 4.39 Å². The zero-order valence-electron chi connectivity index (χ0n) is 15.6. The lowest BCUT2D eigenvalue weighted by molar-refractivity contribution is -0.116. The molecule has 0 aromatic heterocycles. The number of Topliss-reactive ketones (excluding diaryl/α,β-unsaturated/α-hetero) is 1. The van der Waals surface area contributed by atoms with E-state index in [9.17, 15) is 14.3 Å². The number of halogens is 2. The first-order valence-electron chi connectivity index (χ1n) is 8.91. The van der Waals surface area contributed by atoms with Gasteiger partial charge in [0.1, 0.15) is 23.1 Å². The molecule has 0 heterocycles. The van der Waals surface area contributed by atoms with Gasteiger partial charge < -0.3 is 9.84 Å². The Morgan fingerprint density at radius 1 is 1.19 bits per heavy atom. The second-order valence-corrected chi connectivity index (χ2v) is 8.02. The summed E-state index contributed by atoms with van der Waals surface area (Å²) in [5.74, 6) is 0.384. The summed E-state index contributed by atoms with van der Waals surface area (Å²) >= 11 is 6.04. The molecule has 3 nitrogen and oxygen atoms in total. The number of hydrogen-bond acceptors (Lipinski definition) is 3. The van der Waals surface area contributed by atoms with Crippen LogP contribution < -0.4 is 4.74 Å². The van der Waals surface area contributed by atoms with Crippen LogP contribution in [0.25, 0.3) is 5.57 Å². The molecule has 2 aromatic carbocycles. The number of hydrogen-bond donors (Lipinski definition) is 1. The highest BCUT2D eigenvalue weighted by Crippen LogP contribution is 2.41. The van der Waals surface area contributed by atoms with Crippen LogP contribution in [0.2, 0.25) is 5.02 Å². The molecule has 0 radical (unpaired) electrons. The Balaban J connectivity index is 2.03. The molecule has 27 heavy (non-hydrogen) atoms. The SMILES string of the molecule is CCc1ccc(Oc2ccc(F)cc2Cl)cc1C1=C(O)CC(C)(C)CC1=O. The Hall–Kier alpha value is -2.33. The van der Waals surface area contributed by atoms with E-state index in [1.54, 1.807) is 12.1 Å². The number of ether oxygens (including phenoxy) is 1. The number of benzene rings is 2. The van der Waals surface area contributed by atoms with E-state index in [1.807, 2.05) is 26.8 Å². The van der Waals surface area contributed by atoms with E-state index in [1.165, 1.54) is 18.2 Å². The van der Waals surface area contributed by atoms with Crippen molar-refractivity contribution in [1.82, 2.24) is 0 Å². The number of aliphatic hydroxyl groups is 1. The minimum atomic E-state index is -0.445. The van der Waals surface area contributed by atoms with Gasteiger partial charge in [0.2, 0.25) is 0 Å². The first-order chi connectivity index (χ1) is 12.7. The molecular formula is C22H22ClFO3. The molecule has 2 aromatic rings. The summed E-state index contributed by atoms with van der Waals surface area (Å²) in [6.45, 7) is 5.93. The maximum Gasteiger partial charge on any atom is 0.167 e. The van der Waals surface area contributed by atoms with Crippen LogP contribution in [0.4, 0.5) is 4.39 Å². The predicted molar refractivity (Wildman–Crippen MR) is 105 cm³/mol. The Kier molecular flexibility index (Phi) is 5.29. The van der Waals surface area contributed by atoms with Crippen molar-refractivity contribution in [3.05, 3.63) is 64.1 Å². The molecule has 0 bridgehead atoms. The van der Waals surface area contributed by atoms with Crippen molar-refractivity contribution in [2.24, 2.45) is 5.41 Å². The van der Waals surface area contributed by atoms with E-state index < -0.39 is 5.82 Å². The maximum absolute atomic E-state index is 13.2. The third kappa shape index (κ3) is 4.16. The molecule has 142 valence electrons. The van der Waals surface area contributed by atoms with Gasteiger partial charge in [-0.1, -0.05) is 38.4 Å². The Bertz CT molecular complexity index is 931. The van der Waals surface area contributed by atoms with Gasteiger partial charge >= 0.3 is 0 Å². The molecule has 0 amide bonds. The van der Waals surface area contributed by atoms with Crippen LogP contribution in [0.1, 0.15) is 44.7 Å². The van der Waals surface area contributed by atoms with Crippen LogP contribution >= 0.6 is 11.6 Å². The highest BCUT2D eigenvalue weighted by atomic mass is 35.5. The third-order valence-electron chi connectivity index (χ3n) is 4.71. The number of aryl methyl sites for hydroxylation is 1. The lowest BCUT2D eigenvalue weighted by Gasteiger charge is -2.30. The molecule has 0 saturated carbocycles. The first-order valence-corrected chi connectivity index (χ1v) is 9.29. The summed E-state index contributed by atoms with van der Waals surface area (Å²) < 4.78 is 19.0. The lowest BCUT2D eigenvalue weighted by atomic mass is 9.74. The molecule has 1 N–H and O–H groups in total. The van der Waals surface area contributed by atoms with Crippen molar-refractivity contribution in [3.8, 4) is 11.5 Å². The highest BCUT2D eigenvalue weighted by Gasteiger charge is 2.34. The smallest absolute Gasteiger partial charge is 0.167 e. The third-order valence-corrected chi connectivity index (χ3v) is 5.00. The summed E-state index contributed by atoms with van der Waals surface area (Å²) in [6, 6.07) is 9.28. The van der Waals surface area contributed by atoms with Crippen molar-refractivity contribution in [3.63, 3.8) is 0 Å². The summed E-state index contributed by atoms with van der Waals surface area (Å²) in [5.41, 5.74) is 1.72.